The van der Waals surface area contributed by atoms with Gasteiger partial charge in [-0.1, -0.05) is 76.2 Å². The van der Waals surface area contributed by atoms with Crippen molar-refractivity contribution in [2.75, 3.05) is 0 Å². The molecule has 2 aromatic carbocycles. The number of nitrogens with one attached hydrogen (secondary N) is 2. The van der Waals surface area contributed by atoms with Crippen LogP contribution in [0.3, 0.4) is 0 Å². The van der Waals surface area contributed by atoms with E-state index in [0.717, 1.165) is 43.8 Å². The quantitative estimate of drug-likeness (QED) is 0.0930. The van der Waals surface area contributed by atoms with Gasteiger partial charge in [-0.3, -0.25) is 30.4 Å². The highest BCUT2D eigenvalue weighted by atomic mass is 16.5. The molecule has 15 heteroatoms. The smallest absolute Gasteiger partial charge is 0.318 e. The summed E-state index contributed by atoms with van der Waals surface area (Å²) in [5, 5.41) is 13.9. The maximum absolute atomic E-state index is 12.8. The Kier molecular flexibility index (Phi) is 10.5. The second-order valence-corrected chi connectivity index (χ2v) is 15.1. The molecule has 0 radical (unpaired) electrons. The Morgan fingerprint density at radius 3 is 1.42 bits per heavy atom. The van der Waals surface area contributed by atoms with Crippen molar-refractivity contribution in [2.24, 2.45) is 22.3 Å². The van der Waals surface area contributed by atoms with E-state index < -0.39 is 40.6 Å². The lowest BCUT2D eigenvalue weighted by Crippen LogP contribution is -2.46. The Balaban J connectivity index is 0.000000179. The van der Waals surface area contributed by atoms with Crippen molar-refractivity contribution >= 4 is 23.9 Å². The van der Waals surface area contributed by atoms with Crippen molar-refractivity contribution in [1.82, 2.24) is 25.6 Å². The highest BCUT2D eigenvalue weighted by Gasteiger charge is 2.46. The molecule has 2 aliphatic heterocycles. The summed E-state index contributed by atoms with van der Waals surface area (Å²) in [6.07, 6.45) is 6.42. The first-order valence-electron chi connectivity index (χ1n) is 18.5. The molecule has 0 unspecified atom stereocenters. The van der Waals surface area contributed by atoms with Gasteiger partial charge < -0.3 is 20.9 Å². The zero-order chi connectivity index (χ0) is 42.1. The van der Waals surface area contributed by atoms with E-state index in [4.69, 9.17) is 25.9 Å². The minimum atomic E-state index is -1.01. The van der Waals surface area contributed by atoms with Crippen molar-refractivity contribution in [1.29, 1.82) is 0 Å². The zero-order valence-electron chi connectivity index (χ0n) is 32.5. The number of fused-ring (bicyclic) bond motifs is 4. The molecule has 6 aromatic rings. The fourth-order valence-electron chi connectivity index (χ4n) is 7.47. The number of imide groups is 2. The first-order chi connectivity index (χ1) is 28.1. The van der Waals surface area contributed by atoms with E-state index in [1.807, 2.05) is 84.9 Å². The van der Waals surface area contributed by atoms with Crippen LogP contribution in [0.5, 0.6) is 23.3 Å². The Hall–Kier alpha value is -7.68. The number of aromatic nitrogens is 4. The number of rotatable bonds is 6. The lowest BCUT2D eigenvalue weighted by molar-refractivity contribution is -0.904. The fourth-order valence-corrected chi connectivity index (χ4v) is 7.47. The summed E-state index contributed by atoms with van der Waals surface area (Å²) in [6, 6.07) is 27.9. The summed E-state index contributed by atoms with van der Waals surface area (Å²) in [5.41, 5.74) is 14.6. The molecule has 0 fully saturated rings. The molecule has 0 bridgehead atoms. The summed E-state index contributed by atoms with van der Waals surface area (Å²) < 4.78 is 13.1. The lowest BCUT2D eigenvalue weighted by Gasteiger charge is -2.37. The molecular weight excluding hydrogens is 753 g/mol. The fraction of sp³-hybridized carbons (Fsp3) is 0.182. The maximum Gasteiger partial charge on any atom is 0.318 e. The summed E-state index contributed by atoms with van der Waals surface area (Å²) >= 11 is 0. The minimum Gasteiger partial charge on any atom is -0.438 e. The normalized spacial score (nSPS) is 14.8. The molecule has 0 saturated heterocycles. The Morgan fingerprint density at radius 2 is 1.00 bits per heavy atom. The van der Waals surface area contributed by atoms with E-state index in [1.165, 1.54) is 12.4 Å². The van der Waals surface area contributed by atoms with Crippen LogP contribution in [0.1, 0.15) is 61.8 Å². The molecule has 0 aliphatic carbocycles. The van der Waals surface area contributed by atoms with E-state index in [1.54, 1.807) is 52.2 Å². The molecule has 0 spiro atoms. The van der Waals surface area contributed by atoms with Gasteiger partial charge in [0.15, 0.2) is 0 Å². The molecule has 4 aromatic heterocycles. The minimum absolute atomic E-state index is 0.374. The first-order valence-corrected chi connectivity index (χ1v) is 18.5. The number of amides is 6. The van der Waals surface area contributed by atoms with Crippen molar-refractivity contribution in [2.45, 2.75) is 39.5 Å². The monoisotopic (exact) mass is 793 g/mol. The number of carbonyl (C=O) groups excluding carboxylic acids is 4. The molecule has 2 atom stereocenters. The van der Waals surface area contributed by atoms with Gasteiger partial charge >= 0.3 is 12.1 Å². The molecule has 2 aliphatic rings. The maximum atomic E-state index is 12.8. The third-order valence-electron chi connectivity index (χ3n) is 10.4. The SMILES string of the molecule is CC(C)(C(=O)NC(N)=O)[C@H]1c2ccccc2Oc2nc(-c3cc[n+](O)cc3)ccc21.CC(C)(C(=O)NC(N)=O)[C@H]1c2ccccc2Oc2nc(-c3ccncc3)ccc21. The van der Waals surface area contributed by atoms with Gasteiger partial charge in [0.1, 0.15) is 11.5 Å². The highest BCUT2D eigenvalue weighted by molar-refractivity contribution is 5.98. The Labute approximate surface area is 339 Å². The molecule has 59 heavy (non-hydrogen) atoms. The van der Waals surface area contributed by atoms with Crippen LogP contribution in [-0.4, -0.2) is 44.0 Å². The van der Waals surface area contributed by atoms with Gasteiger partial charge in [0.05, 0.1) is 22.2 Å². The lowest BCUT2D eigenvalue weighted by atomic mass is 9.69. The number of para-hydroxylation sites is 2. The van der Waals surface area contributed by atoms with Crippen LogP contribution in [0.25, 0.3) is 22.5 Å². The van der Waals surface area contributed by atoms with Gasteiger partial charge in [0, 0.05) is 74.5 Å². The largest absolute Gasteiger partial charge is 0.438 e. The third-order valence-corrected chi connectivity index (χ3v) is 10.4. The number of urea groups is 2. The third kappa shape index (κ3) is 7.85. The number of nitrogens with two attached hydrogens (primary N) is 2. The van der Waals surface area contributed by atoms with E-state index in [2.05, 4.69) is 20.6 Å². The Morgan fingerprint density at radius 1 is 0.593 bits per heavy atom. The molecule has 298 valence electrons. The zero-order valence-corrected chi connectivity index (χ0v) is 32.5. The molecule has 15 nitrogen and oxygen atoms in total. The average molecular weight is 794 g/mol. The highest BCUT2D eigenvalue weighted by Crippen LogP contribution is 2.53. The van der Waals surface area contributed by atoms with E-state index in [9.17, 15) is 24.4 Å². The number of benzene rings is 2. The summed E-state index contributed by atoms with van der Waals surface area (Å²) in [7, 11) is 0. The number of hydrogen-bond acceptors (Lipinski definition) is 10. The van der Waals surface area contributed by atoms with Gasteiger partial charge in [-0.05, 0) is 36.4 Å². The van der Waals surface area contributed by atoms with Gasteiger partial charge in [0.25, 0.3) is 0 Å². The van der Waals surface area contributed by atoms with Gasteiger partial charge in [-0.15, -0.1) is 0 Å². The van der Waals surface area contributed by atoms with E-state index >= 15 is 0 Å². The second kappa shape index (κ2) is 15.7. The topological polar surface area (TPSA) is 226 Å². The standard InChI is InChI=1S/C22H20N4O4.C22H20N4O3/c1-22(2,20(27)25-21(23)28)18-14-5-3-4-6-17(14)30-19-15(18)7-8-16(24-19)13-9-11-26(29)12-10-13;1-22(2,20(27)26-21(23)28)18-14-5-3-4-6-17(14)29-19-15(18)7-8-16(25-19)13-9-11-24-12-10-13/h3-12,18H,1-2H3,(H3-,23,24,25,27,28,29);3-12,18H,1-2H3,(H3,23,26,27,28)/p+1/t2*18-/m00/s1. The molecular formula is C44H41N8O7+. The number of hydrogen-bond donors (Lipinski definition) is 5. The predicted molar refractivity (Wildman–Crippen MR) is 214 cm³/mol. The van der Waals surface area contributed by atoms with Crippen molar-refractivity contribution in [3.63, 3.8) is 0 Å². The Bertz CT molecular complexity index is 2600. The van der Waals surface area contributed by atoms with Crippen LogP contribution in [0.15, 0.2) is 122 Å². The van der Waals surface area contributed by atoms with Gasteiger partial charge in [-0.25, -0.2) is 19.6 Å². The van der Waals surface area contributed by atoms with Crippen molar-refractivity contribution < 1.29 is 38.6 Å². The van der Waals surface area contributed by atoms with Crippen LogP contribution < -0.4 is 36.3 Å². The van der Waals surface area contributed by atoms with Crippen LogP contribution in [0.4, 0.5) is 9.59 Å². The van der Waals surface area contributed by atoms with E-state index in [0.29, 0.717) is 29.0 Å². The summed E-state index contributed by atoms with van der Waals surface area (Å²) in [5.74, 6) is 0.317. The summed E-state index contributed by atoms with van der Waals surface area (Å²) in [4.78, 5) is 61.6. The van der Waals surface area contributed by atoms with Crippen molar-refractivity contribution in [3.05, 3.63) is 144 Å². The molecule has 6 heterocycles. The van der Waals surface area contributed by atoms with Crippen LogP contribution in [-0.2, 0) is 9.59 Å². The molecule has 0 saturated carbocycles. The number of nitrogens with zero attached hydrogens (tertiary/aromatic N) is 4. The van der Waals surface area contributed by atoms with Crippen LogP contribution >= 0.6 is 0 Å². The van der Waals surface area contributed by atoms with Crippen molar-refractivity contribution in [3.8, 4) is 45.8 Å². The predicted octanol–water partition coefficient (Wildman–Crippen LogP) is 6.33. The van der Waals surface area contributed by atoms with E-state index in [-0.39, 0.29) is 5.92 Å². The molecule has 6 amide bonds. The van der Waals surface area contributed by atoms with Crippen LogP contribution in [0.2, 0.25) is 0 Å². The van der Waals surface area contributed by atoms with Gasteiger partial charge in [-0.2, -0.15) is 0 Å². The van der Waals surface area contributed by atoms with Crippen LogP contribution in [0, 0.1) is 10.8 Å². The first kappa shape index (κ1) is 39.6. The molecule has 8 rings (SSSR count). The number of pyridine rings is 4. The average Bonchev–Trinajstić information content (AvgIpc) is 3.21. The molecule has 7 N–H and O–H groups in total. The number of carbonyl (C=O) groups is 4. The number of primary amides is 2. The summed E-state index contributed by atoms with van der Waals surface area (Å²) in [6.45, 7) is 7.07. The van der Waals surface area contributed by atoms with Gasteiger partial charge in [0.2, 0.25) is 36.0 Å². The second-order valence-electron chi connectivity index (χ2n) is 15.1. The number of ether oxygens (including phenoxy) is 2.